The fraction of sp³-hybridized carbons (Fsp3) is 0.381. The van der Waals surface area contributed by atoms with E-state index in [0.717, 1.165) is 38.6 Å². The van der Waals surface area contributed by atoms with Gasteiger partial charge in [0.25, 0.3) is 0 Å². The zero-order valence-corrected chi connectivity index (χ0v) is 14.9. The normalized spacial score (nSPS) is 17.7. The molecule has 1 unspecified atom stereocenters. The van der Waals surface area contributed by atoms with E-state index in [1.807, 2.05) is 19.2 Å². The van der Waals surface area contributed by atoms with Gasteiger partial charge in [0.2, 0.25) is 0 Å². The summed E-state index contributed by atoms with van der Waals surface area (Å²) in [6.45, 7) is 4.34. The molecule has 1 saturated heterocycles. The lowest BCUT2D eigenvalue weighted by Crippen LogP contribution is -2.39. The Morgan fingerprint density at radius 1 is 1.08 bits per heavy atom. The van der Waals surface area contributed by atoms with Gasteiger partial charge in [0.05, 0.1) is 13.2 Å². The van der Waals surface area contributed by atoms with Crippen LogP contribution in [0.15, 0.2) is 65.7 Å². The lowest BCUT2D eigenvalue weighted by atomic mass is 10.1. The van der Waals surface area contributed by atoms with Crippen LogP contribution in [0.5, 0.6) is 0 Å². The van der Waals surface area contributed by atoms with Gasteiger partial charge in [0.15, 0.2) is 5.96 Å². The van der Waals surface area contributed by atoms with E-state index in [1.54, 1.807) is 0 Å². The molecule has 25 heavy (non-hydrogen) atoms. The zero-order chi connectivity index (χ0) is 17.3. The monoisotopic (exact) mass is 337 g/mol. The van der Waals surface area contributed by atoms with Crippen molar-refractivity contribution >= 4 is 5.96 Å². The van der Waals surface area contributed by atoms with E-state index in [4.69, 9.17) is 4.74 Å². The highest BCUT2D eigenvalue weighted by molar-refractivity contribution is 5.80. The molecular weight excluding hydrogens is 310 g/mol. The molecule has 0 saturated carbocycles. The predicted molar refractivity (Wildman–Crippen MR) is 102 cm³/mol. The summed E-state index contributed by atoms with van der Waals surface area (Å²) in [4.78, 5) is 6.77. The summed E-state index contributed by atoms with van der Waals surface area (Å²) in [7, 11) is 1.85. The van der Waals surface area contributed by atoms with Gasteiger partial charge in [-0.3, -0.25) is 4.99 Å². The number of likely N-dealkylation sites (tertiary alicyclic amines) is 1. The van der Waals surface area contributed by atoms with Crippen molar-refractivity contribution in [1.82, 2.24) is 10.2 Å². The second-order valence-corrected chi connectivity index (χ2v) is 6.49. The highest BCUT2D eigenvalue weighted by atomic mass is 16.5. The van der Waals surface area contributed by atoms with Crippen molar-refractivity contribution in [2.24, 2.45) is 10.9 Å². The van der Waals surface area contributed by atoms with Crippen molar-refractivity contribution in [1.29, 1.82) is 0 Å². The third kappa shape index (κ3) is 5.33. The third-order valence-electron chi connectivity index (χ3n) is 4.56. The molecule has 1 aliphatic rings. The number of hydrogen-bond donors (Lipinski definition) is 1. The van der Waals surface area contributed by atoms with Crippen LogP contribution in [0.4, 0.5) is 0 Å². The molecule has 0 aromatic heterocycles. The van der Waals surface area contributed by atoms with Gasteiger partial charge in [-0.2, -0.15) is 0 Å². The highest BCUT2D eigenvalue weighted by Gasteiger charge is 2.24. The molecule has 132 valence electrons. The SMILES string of the molecule is CN=C(NCc1ccccc1)N1CCC(COCc2ccccc2)C1. The predicted octanol–water partition coefficient (Wildman–Crippen LogP) is 3.30. The standard InChI is InChI=1S/C21H27N3O/c1-22-21(23-14-18-8-4-2-5-9-18)24-13-12-20(15-24)17-25-16-19-10-6-3-7-11-19/h2-11,20H,12-17H2,1H3,(H,22,23). The quantitative estimate of drug-likeness (QED) is 0.649. The van der Waals surface area contributed by atoms with E-state index in [-0.39, 0.29) is 0 Å². The van der Waals surface area contributed by atoms with Gasteiger partial charge >= 0.3 is 0 Å². The van der Waals surface area contributed by atoms with Crippen LogP contribution in [0.2, 0.25) is 0 Å². The summed E-state index contributed by atoms with van der Waals surface area (Å²) < 4.78 is 5.91. The molecule has 4 heteroatoms. The van der Waals surface area contributed by atoms with Crippen LogP contribution in [0.3, 0.4) is 0 Å². The van der Waals surface area contributed by atoms with Crippen molar-refractivity contribution < 1.29 is 4.74 Å². The average molecular weight is 337 g/mol. The molecule has 2 aromatic rings. The lowest BCUT2D eigenvalue weighted by molar-refractivity contribution is 0.0906. The summed E-state index contributed by atoms with van der Waals surface area (Å²) in [6, 6.07) is 20.8. The zero-order valence-electron chi connectivity index (χ0n) is 14.9. The fourth-order valence-corrected chi connectivity index (χ4v) is 3.19. The molecule has 2 aromatic carbocycles. The number of hydrogen-bond acceptors (Lipinski definition) is 2. The molecule has 1 fully saturated rings. The van der Waals surface area contributed by atoms with E-state index in [0.29, 0.717) is 12.5 Å². The Hall–Kier alpha value is -2.33. The number of nitrogens with one attached hydrogen (secondary N) is 1. The van der Waals surface area contributed by atoms with Crippen LogP contribution >= 0.6 is 0 Å². The minimum Gasteiger partial charge on any atom is -0.376 e. The molecule has 1 heterocycles. The first kappa shape index (κ1) is 17.5. The average Bonchev–Trinajstić information content (AvgIpc) is 3.13. The van der Waals surface area contributed by atoms with E-state index in [2.05, 4.69) is 63.7 Å². The van der Waals surface area contributed by atoms with Crippen LogP contribution in [0, 0.1) is 5.92 Å². The summed E-state index contributed by atoms with van der Waals surface area (Å²) in [5.74, 6) is 1.55. The van der Waals surface area contributed by atoms with Gasteiger partial charge in [0, 0.05) is 32.6 Å². The number of rotatable bonds is 6. The van der Waals surface area contributed by atoms with Crippen LogP contribution in [0.25, 0.3) is 0 Å². The van der Waals surface area contributed by atoms with Gasteiger partial charge in [-0.05, 0) is 17.5 Å². The first-order valence-corrected chi connectivity index (χ1v) is 8.96. The number of guanidine groups is 1. The maximum Gasteiger partial charge on any atom is 0.193 e. The molecule has 0 radical (unpaired) electrons. The molecule has 1 N–H and O–H groups in total. The van der Waals surface area contributed by atoms with Crippen LogP contribution < -0.4 is 5.32 Å². The summed E-state index contributed by atoms with van der Waals surface area (Å²) in [5, 5.41) is 3.47. The highest BCUT2D eigenvalue weighted by Crippen LogP contribution is 2.17. The molecule has 1 atom stereocenters. The summed E-state index contributed by atoms with van der Waals surface area (Å²) >= 11 is 0. The number of aliphatic imine (C=N–C) groups is 1. The largest absolute Gasteiger partial charge is 0.376 e. The van der Waals surface area contributed by atoms with Crippen LogP contribution in [-0.2, 0) is 17.9 Å². The van der Waals surface area contributed by atoms with Crippen LogP contribution in [-0.4, -0.2) is 37.6 Å². The first-order valence-electron chi connectivity index (χ1n) is 8.96. The van der Waals surface area contributed by atoms with E-state index < -0.39 is 0 Å². The Bertz CT molecular complexity index is 657. The Kier molecular flexibility index (Phi) is 6.46. The van der Waals surface area contributed by atoms with Gasteiger partial charge in [-0.25, -0.2) is 0 Å². The van der Waals surface area contributed by atoms with Gasteiger partial charge < -0.3 is 15.0 Å². The number of benzene rings is 2. The van der Waals surface area contributed by atoms with Crippen molar-refractivity contribution in [3.8, 4) is 0 Å². The molecule has 0 bridgehead atoms. The maximum absolute atomic E-state index is 5.91. The lowest BCUT2D eigenvalue weighted by Gasteiger charge is -2.21. The fourth-order valence-electron chi connectivity index (χ4n) is 3.19. The molecule has 0 amide bonds. The van der Waals surface area contributed by atoms with E-state index in [1.165, 1.54) is 11.1 Å². The van der Waals surface area contributed by atoms with Gasteiger partial charge in [-0.15, -0.1) is 0 Å². The van der Waals surface area contributed by atoms with Gasteiger partial charge in [0.1, 0.15) is 0 Å². The Morgan fingerprint density at radius 2 is 1.76 bits per heavy atom. The first-order chi connectivity index (χ1) is 12.3. The maximum atomic E-state index is 5.91. The van der Waals surface area contributed by atoms with Crippen LogP contribution in [0.1, 0.15) is 17.5 Å². The van der Waals surface area contributed by atoms with Crippen molar-refractivity contribution in [2.75, 3.05) is 26.7 Å². The molecule has 3 rings (SSSR count). The molecule has 0 aliphatic carbocycles. The molecule has 0 spiro atoms. The Balaban J connectivity index is 1.41. The van der Waals surface area contributed by atoms with Crippen molar-refractivity contribution in [2.45, 2.75) is 19.6 Å². The van der Waals surface area contributed by atoms with Crippen molar-refractivity contribution in [3.05, 3.63) is 71.8 Å². The smallest absolute Gasteiger partial charge is 0.193 e. The van der Waals surface area contributed by atoms with Crippen molar-refractivity contribution in [3.63, 3.8) is 0 Å². The van der Waals surface area contributed by atoms with E-state index in [9.17, 15) is 0 Å². The number of ether oxygens (including phenoxy) is 1. The second kappa shape index (κ2) is 9.23. The minimum atomic E-state index is 0.569. The second-order valence-electron chi connectivity index (χ2n) is 6.49. The summed E-state index contributed by atoms with van der Waals surface area (Å²) in [6.07, 6.45) is 1.15. The third-order valence-corrected chi connectivity index (χ3v) is 4.56. The van der Waals surface area contributed by atoms with Gasteiger partial charge in [-0.1, -0.05) is 60.7 Å². The topological polar surface area (TPSA) is 36.9 Å². The summed E-state index contributed by atoms with van der Waals surface area (Å²) in [5.41, 5.74) is 2.50. The Labute approximate surface area is 150 Å². The van der Waals surface area contributed by atoms with E-state index >= 15 is 0 Å². The number of nitrogens with zero attached hydrogens (tertiary/aromatic N) is 2. The Morgan fingerprint density at radius 3 is 2.44 bits per heavy atom. The molecular formula is C21H27N3O. The molecule has 1 aliphatic heterocycles. The minimum absolute atomic E-state index is 0.569. The molecule has 4 nitrogen and oxygen atoms in total.